The molecule has 0 aliphatic heterocycles. The van der Waals surface area contributed by atoms with Crippen LogP contribution >= 0.6 is 0 Å². The fraction of sp³-hybridized carbons (Fsp3) is 0.333. The molecule has 2 heterocycles. The number of benzene rings is 1. The summed E-state index contributed by atoms with van der Waals surface area (Å²) in [4.78, 5) is 4.09. The zero-order valence-corrected chi connectivity index (χ0v) is 11.7. The molecule has 0 bridgehead atoms. The van der Waals surface area contributed by atoms with Crippen LogP contribution in [0.5, 0.6) is 0 Å². The van der Waals surface area contributed by atoms with Crippen LogP contribution in [0.4, 0.5) is 0 Å². The Bertz CT molecular complexity index is 685. The number of aromatic nitrogens is 3. The lowest BCUT2D eigenvalue weighted by Gasteiger charge is -2.11. The molecule has 2 aromatic heterocycles. The van der Waals surface area contributed by atoms with E-state index in [0.717, 1.165) is 6.54 Å². The average Bonchev–Trinajstić information content (AvgIpc) is 3.07. The van der Waals surface area contributed by atoms with Gasteiger partial charge in [-0.1, -0.05) is 37.2 Å². The SMILES string of the molecule is CC(C)NCc1cccc2ccn(Cc3ncon3)c12. The zero-order valence-electron chi connectivity index (χ0n) is 11.7. The van der Waals surface area contributed by atoms with Gasteiger partial charge < -0.3 is 14.4 Å². The van der Waals surface area contributed by atoms with E-state index in [0.29, 0.717) is 18.4 Å². The van der Waals surface area contributed by atoms with Crippen LogP contribution in [0.15, 0.2) is 41.4 Å². The van der Waals surface area contributed by atoms with Gasteiger partial charge in [0.25, 0.3) is 0 Å². The summed E-state index contributed by atoms with van der Waals surface area (Å²) < 4.78 is 6.96. The molecule has 0 amide bonds. The molecular formula is C15H18N4O. The molecule has 5 heteroatoms. The maximum atomic E-state index is 4.80. The first-order chi connectivity index (χ1) is 9.74. The number of hydrogen-bond donors (Lipinski definition) is 1. The molecule has 1 aromatic carbocycles. The summed E-state index contributed by atoms with van der Waals surface area (Å²) in [5.74, 6) is 0.689. The van der Waals surface area contributed by atoms with Gasteiger partial charge in [0.2, 0.25) is 6.39 Å². The molecule has 0 radical (unpaired) electrons. The second kappa shape index (κ2) is 5.46. The van der Waals surface area contributed by atoms with Gasteiger partial charge in [0, 0.05) is 18.8 Å². The number of rotatable bonds is 5. The van der Waals surface area contributed by atoms with E-state index in [2.05, 4.69) is 64.3 Å². The second-order valence-electron chi connectivity index (χ2n) is 5.18. The van der Waals surface area contributed by atoms with Crippen LogP contribution in [-0.2, 0) is 13.1 Å². The van der Waals surface area contributed by atoms with Crippen molar-refractivity contribution in [3.05, 3.63) is 48.2 Å². The van der Waals surface area contributed by atoms with Crippen LogP contribution in [0, 0.1) is 0 Å². The minimum atomic E-state index is 0.464. The van der Waals surface area contributed by atoms with Gasteiger partial charge in [-0.15, -0.1) is 0 Å². The topological polar surface area (TPSA) is 55.9 Å². The first-order valence-corrected chi connectivity index (χ1v) is 6.79. The normalized spacial score (nSPS) is 11.6. The largest absolute Gasteiger partial charge is 0.343 e. The van der Waals surface area contributed by atoms with E-state index in [1.54, 1.807) is 0 Å². The third kappa shape index (κ3) is 2.58. The zero-order chi connectivity index (χ0) is 13.9. The molecule has 20 heavy (non-hydrogen) atoms. The van der Waals surface area contributed by atoms with Crippen LogP contribution in [0.1, 0.15) is 25.2 Å². The highest BCUT2D eigenvalue weighted by Gasteiger charge is 2.09. The van der Waals surface area contributed by atoms with Gasteiger partial charge in [0.05, 0.1) is 12.1 Å². The van der Waals surface area contributed by atoms with E-state index >= 15 is 0 Å². The average molecular weight is 270 g/mol. The number of nitrogens with one attached hydrogen (secondary N) is 1. The number of fused-ring (bicyclic) bond motifs is 1. The smallest absolute Gasteiger partial charge is 0.213 e. The molecule has 0 atom stereocenters. The number of hydrogen-bond acceptors (Lipinski definition) is 4. The van der Waals surface area contributed by atoms with Gasteiger partial charge in [-0.25, -0.2) is 0 Å². The van der Waals surface area contributed by atoms with Crippen molar-refractivity contribution >= 4 is 10.9 Å². The lowest BCUT2D eigenvalue weighted by molar-refractivity contribution is 0.408. The molecule has 0 aliphatic carbocycles. The first kappa shape index (κ1) is 12.9. The van der Waals surface area contributed by atoms with Crippen LogP contribution in [0.2, 0.25) is 0 Å². The van der Waals surface area contributed by atoms with E-state index in [1.807, 2.05) is 0 Å². The summed E-state index contributed by atoms with van der Waals surface area (Å²) in [5.41, 5.74) is 2.51. The van der Waals surface area contributed by atoms with E-state index in [1.165, 1.54) is 22.9 Å². The summed E-state index contributed by atoms with van der Waals surface area (Å²) in [6, 6.07) is 8.96. The Hall–Kier alpha value is -2.14. The van der Waals surface area contributed by atoms with Crippen molar-refractivity contribution in [3.63, 3.8) is 0 Å². The van der Waals surface area contributed by atoms with Crippen molar-refractivity contribution in [2.24, 2.45) is 0 Å². The maximum absolute atomic E-state index is 4.80. The summed E-state index contributed by atoms with van der Waals surface area (Å²) in [5, 5.41) is 8.58. The molecule has 1 N–H and O–H groups in total. The van der Waals surface area contributed by atoms with Crippen molar-refractivity contribution in [2.45, 2.75) is 33.0 Å². The van der Waals surface area contributed by atoms with Crippen molar-refractivity contribution in [1.82, 2.24) is 20.0 Å². The van der Waals surface area contributed by atoms with E-state index in [-0.39, 0.29) is 0 Å². The molecule has 0 aliphatic rings. The van der Waals surface area contributed by atoms with Crippen molar-refractivity contribution in [3.8, 4) is 0 Å². The molecule has 0 unspecified atom stereocenters. The molecule has 0 fully saturated rings. The predicted molar refractivity (Wildman–Crippen MR) is 77.3 cm³/mol. The van der Waals surface area contributed by atoms with E-state index in [9.17, 15) is 0 Å². The van der Waals surface area contributed by atoms with Crippen LogP contribution < -0.4 is 5.32 Å². The molecule has 5 nitrogen and oxygen atoms in total. The lowest BCUT2D eigenvalue weighted by Crippen LogP contribution is -2.22. The highest BCUT2D eigenvalue weighted by molar-refractivity contribution is 5.83. The predicted octanol–water partition coefficient (Wildman–Crippen LogP) is 2.57. The third-order valence-corrected chi connectivity index (χ3v) is 3.29. The highest BCUT2D eigenvalue weighted by Crippen LogP contribution is 2.21. The van der Waals surface area contributed by atoms with Crippen LogP contribution in [-0.4, -0.2) is 20.7 Å². The Labute approximate surface area is 117 Å². The quantitative estimate of drug-likeness (QED) is 0.774. The van der Waals surface area contributed by atoms with Gasteiger partial charge in [0.15, 0.2) is 5.82 Å². The maximum Gasteiger partial charge on any atom is 0.213 e. The summed E-state index contributed by atoms with van der Waals surface area (Å²) in [6.07, 6.45) is 3.43. The van der Waals surface area contributed by atoms with Crippen LogP contribution in [0.3, 0.4) is 0 Å². The fourth-order valence-corrected chi connectivity index (χ4v) is 2.34. The molecule has 104 valence electrons. The summed E-state index contributed by atoms with van der Waals surface area (Å²) >= 11 is 0. The van der Waals surface area contributed by atoms with E-state index < -0.39 is 0 Å². The number of nitrogens with zero attached hydrogens (tertiary/aromatic N) is 3. The second-order valence-corrected chi connectivity index (χ2v) is 5.18. The van der Waals surface area contributed by atoms with E-state index in [4.69, 9.17) is 4.52 Å². The number of para-hydroxylation sites is 1. The van der Waals surface area contributed by atoms with Crippen molar-refractivity contribution in [1.29, 1.82) is 0 Å². The molecule has 3 aromatic rings. The monoisotopic (exact) mass is 270 g/mol. The molecular weight excluding hydrogens is 252 g/mol. The Morgan fingerprint density at radius 1 is 1.30 bits per heavy atom. The van der Waals surface area contributed by atoms with Crippen molar-refractivity contribution < 1.29 is 4.52 Å². The summed E-state index contributed by atoms with van der Waals surface area (Å²) in [6.45, 7) is 5.78. The minimum absolute atomic E-state index is 0.464. The standard InChI is InChI=1S/C15H18N4O/c1-11(2)16-8-13-5-3-4-12-6-7-19(15(12)13)9-14-17-10-20-18-14/h3-7,10-11,16H,8-9H2,1-2H3. The fourth-order valence-electron chi connectivity index (χ4n) is 2.34. The summed E-state index contributed by atoms with van der Waals surface area (Å²) in [7, 11) is 0. The Balaban J connectivity index is 1.96. The van der Waals surface area contributed by atoms with Gasteiger partial charge in [-0.05, 0) is 17.0 Å². The Kier molecular flexibility index (Phi) is 3.52. The molecule has 0 saturated heterocycles. The van der Waals surface area contributed by atoms with Gasteiger partial charge in [-0.3, -0.25) is 0 Å². The first-order valence-electron chi connectivity index (χ1n) is 6.79. The van der Waals surface area contributed by atoms with Crippen LogP contribution in [0.25, 0.3) is 10.9 Å². The lowest BCUT2D eigenvalue weighted by atomic mass is 10.1. The molecule has 0 saturated carbocycles. The molecule has 3 rings (SSSR count). The van der Waals surface area contributed by atoms with Gasteiger partial charge >= 0.3 is 0 Å². The molecule has 0 spiro atoms. The highest BCUT2D eigenvalue weighted by atomic mass is 16.5. The van der Waals surface area contributed by atoms with Gasteiger partial charge in [0.1, 0.15) is 0 Å². The van der Waals surface area contributed by atoms with Crippen molar-refractivity contribution in [2.75, 3.05) is 0 Å². The Morgan fingerprint density at radius 3 is 2.95 bits per heavy atom. The minimum Gasteiger partial charge on any atom is -0.343 e. The van der Waals surface area contributed by atoms with Gasteiger partial charge in [-0.2, -0.15) is 4.98 Å². The third-order valence-electron chi connectivity index (χ3n) is 3.29. The Morgan fingerprint density at radius 2 is 2.20 bits per heavy atom.